The van der Waals surface area contributed by atoms with Crippen LogP contribution in [0.25, 0.3) is 0 Å². The summed E-state index contributed by atoms with van der Waals surface area (Å²) in [6.07, 6.45) is 4.42. The van der Waals surface area contributed by atoms with Crippen LogP contribution in [0.15, 0.2) is 24.3 Å². The molecule has 0 unspecified atom stereocenters. The fourth-order valence-electron chi connectivity index (χ4n) is 1.14. The first-order chi connectivity index (χ1) is 5.86. The summed E-state index contributed by atoms with van der Waals surface area (Å²) >= 11 is 0. The highest BCUT2D eigenvalue weighted by Gasteiger charge is 1.94. The molecule has 65 valence electrons. The van der Waals surface area contributed by atoms with E-state index in [1.165, 1.54) is 5.56 Å². The molecule has 0 aromatic heterocycles. The van der Waals surface area contributed by atoms with Crippen LogP contribution in [0.4, 0.5) is 0 Å². The molecule has 0 saturated carbocycles. The van der Waals surface area contributed by atoms with Gasteiger partial charge in [0.25, 0.3) is 0 Å². The van der Waals surface area contributed by atoms with Crippen molar-refractivity contribution < 1.29 is 4.74 Å². The fourth-order valence-corrected chi connectivity index (χ4v) is 1.14. The lowest BCUT2D eigenvalue weighted by Gasteiger charge is -2.02. The van der Waals surface area contributed by atoms with Gasteiger partial charge in [0.05, 0.1) is 7.11 Å². The van der Waals surface area contributed by atoms with E-state index in [0.29, 0.717) is 0 Å². The number of rotatable bonds is 4. The van der Waals surface area contributed by atoms with Crippen molar-refractivity contribution >= 4 is 0 Å². The SMILES string of the molecule is C[CH]CCc1cccc(OC)c1. The molecule has 12 heavy (non-hydrogen) atoms. The summed E-state index contributed by atoms with van der Waals surface area (Å²) in [5.41, 5.74) is 1.34. The predicted molar refractivity (Wildman–Crippen MR) is 51.3 cm³/mol. The molecular formula is C11H15O. The van der Waals surface area contributed by atoms with Crippen LogP contribution in [0.5, 0.6) is 5.75 Å². The van der Waals surface area contributed by atoms with Gasteiger partial charge >= 0.3 is 0 Å². The molecule has 0 fully saturated rings. The van der Waals surface area contributed by atoms with Crippen LogP contribution in [0.3, 0.4) is 0 Å². The topological polar surface area (TPSA) is 9.23 Å². The lowest BCUT2D eigenvalue weighted by Crippen LogP contribution is -1.87. The highest BCUT2D eigenvalue weighted by Crippen LogP contribution is 2.13. The van der Waals surface area contributed by atoms with E-state index < -0.39 is 0 Å². The van der Waals surface area contributed by atoms with Crippen LogP contribution in [0.1, 0.15) is 18.9 Å². The molecule has 0 N–H and O–H groups in total. The Hall–Kier alpha value is -0.980. The molecule has 1 heteroatoms. The third-order valence-electron chi connectivity index (χ3n) is 1.86. The second-order valence-corrected chi connectivity index (χ2v) is 2.80. The molecule has 0 atom stereocenters. The van der Waals surface area contributed by atoms with Gasteiger partial charge in [-0.05, 0) is 37.0 Å². The van der Waals surface area contributed by atoms with Gasteiger partial charge in [0.1, 0.15) is 5.75 Å². The summed E-state index contributed by atoms with van der Waals surface area (Å²) in [5, 5.41) is 0. The zero-order valence-corrected chi connectivity index (χ0v) is 7.71. The second-order valence-electron chi connectivity index (χ2n) is 2.80. The van der Waals surface area contributed by atoms with Crippen LogP contribution >= 0.6 is 0 Å². The monoisotopic (exact) mass is 163 g/mol. The number of unbranched alkanes of at least 4 members (excludes halogenated alkanes) is 1. The molecule has 0 bridgehead atoms. The van der Waals surface area contributed by atoms with E-state index in [0.717, 1.165) is 18.6 Å². The Morgan fingerprint density at radius 1 is 1.42 bits per heavy atom. The average molecular weight is 163 g/mol. The minimum absolute atomic E-state index is 0.948. The molecular weight excluding hydrogens is 148 g/mol. The van der Waals surface area contributed by atoms with Crippen LogP contribution in [-0.2, 0) is 6.42 Å². The van der Waals surface area contributed by atoms with Crippen LogP contribution in [0, 0.1) is 6.42 Å². The van der Waals surface area contributed by atoms with Gasteiger partial charge in [-0.3, -0.25) is 0 Å². The Morgan fingerprint density at radius 3 is 2.92 bits per heavy atom. The largest absolute Gasteiger partial charge is 0.497 e. The number of ether oxygens (including phenoxy) is 1. The third-order valence-corrected chi connectivity index (χ3v) is 1.86. The van der Waals surface area contributed by atoms with Crippen LogP contribution in [-0.4, -0.2) is 7.11 Å². The van der Waals surface area contributed by atoms with E-state index in [4.69, 9.17) is 4.74 Å². The van der Waals surface area contributed by atoms with Gasteiger partial charge in [0, 0.05) is 0 Å². The maximum absolute atomic E-state index is 5.12. The lowest BCUT2D eigenvalue weighted by atomic mass is 10.1. The third kappa shape index (κ3) is 2.57. The summed E-state index contributed by atoms with van der Waals surface area (Å²) in [6, 6.07) is 8.22. The highest BCUT2D eigenvalue weighted by atomic mass is 16.5. The predicted octanol–water partition coefficient (Wildman–Crippen LogP) is 2.85. The van der Waals surface area contributed by atoms with Crippen LogP contribution in [0.2, 0.25) is 0 Å². The Bertz CT molecular complexity index is 230. The fraction of sp³-hybridized carbons (Fsp3) is 0.364. The quantitative estimate of drug-likeness (QED) is 0.663. The van der Waals surface area contributed by atoms with Crippen molar-refractivity contribution in [1.82, 2.24) is 0 Å². The Kier molecular flexibility index (Phi) is 3.65. The highest BCUT2D eigenvalue weighted by molar-refractivity contribution is 5.28. The number of aryl methyl sites for hydroxylation is 1. The molecule has 1 aromatic carbocycles. The summed E-state index contributed by atoms with van der Waals surface area (Å²) in [4.78, 5) is 0. The maximum atomic E-state index is 5.12. The van der Waals surface area contributed by atoms with E-state index in [-0.39, 0.29) is 0 Å². The lowest BCUT2D eigenvalue weighted by molar-refractivity contribution is 0.414. The molecule has 0 saturated heterocycles. The van der Waals surface area contributed by atoms with Crippen molar-refractivity contribution in [2.24, 2.45) is 0 Å². The number of benzene rings is 1. The Morgan fingerprint density at radius 2 is 2.25 bits per heavy atom. The Labute approximate surface area is 74.4 Å². The van der Waals surface area contributed by atoms with Gasteiger partial charge in [-0.2, -0.15) is 0 Å². The van der Waals surface area contributed by atoms with Crippen molar-refractivity contribution in [1.29, 1.82) is 0 Å². The first kappa shape index (κ1) is 9.11. The maximum Gasteiger partial charge on any atom is 0.119 e. The van der Waals surface area contributed by atoms with Crippen molar-refractivity contribution in [2.45, 2.75) is 19.8 Å². The molecule has 0 amide bonds. The first-order valence-electron chi connectivity index (χ1n) is 4.27. The van der Waals surface area contributed by atoms with Gasteiger partial charge < -0.3 is 4.74 Å². The van der Waals surface area contributed by atoms with Gasteiger partial charge in [0.15, 0.2) is 0 Å². The van der Waals surface area contributed by atoms with E-state index in [1.807, 2.05) is 12.1 Å². The molecule has 1 nitrogen and oxygen atoms in total. The normalized spacial score (nSPS) is 9.83. The minimum atomic E-state index is 0.948. The van der Waals surface area contributed by atoms with Gasteiger partial charge in [-0.25, -0.2) is 0 Å². The summed E-state index contributed by atoms with van der Waals surface area (Å²) < 4.78 is 5.12. The molecule has 0 aliphatic rings. The van der Waals surface area contributed by atoms with E-state index in [1.54, 1.807) is 7.11 Å². The molecule has 1 rings (SSSR count). The number of hydrogen-bond acceptors (Lipinski definition) is 1. The smallest absolute Gasteiger partial charge is 0.119 e. The average Bonchev–Trinajstić information content (AvgIpc) is 2.15. The van der Waals surface area contributed by atoms with Gasteiger partial charge in [-0.1, -0.05) is 19.1 Å². The van der Waals surface area contributed by atoms with Crippen molar-refractivity contribution in [3.63, 3.8) is 0 Å². The Balaban J connectivity index is 2.60. The molecule has 1 aromatic rings. The molecule has 1 radical (unpaired) electrons. The summed E-state index contributed by atoms with van der Waals surface area (Å²) in [5.74, 6) is 0.948. The number of hydrogen-bond donors (Lipinski definition) is 0. The van der Waals surface area contributed by atoms with E-state index >= 15 is 0 Å². The van der Waals surface area contributed by atoms with Gasteiger partial charge in [0.2, 0.25) is 0 Å². The van der Waals surface area contributed by atoms with Crippen LogP contribution < -0.4 is 4.74 Å². The van der Waals surface area contributed by atoms with E-state index in [2.05, 4.69) is 25.5 Å². The second kappa shape index (κ2) is 4.81. The van der Waals surface area contributed by atoms with Crippen molar-refractivity contribution in [3.8, 4) is 5.75 Å². The van der Waals surface area contributed by atoms with Crippen molar-refractivity contribution in [3.05, 3.63) is 36.2 Å². The van der Waals surface area contributed by atoms with Gasteiger partial charge in [-0.15, -0.1) is 0 Å². The van der Waals surface area contributed by atoms with Crippen molar-refractivity contribution in [2.75, 3.05) is 7.11 Å². The number of methoxy groups -OCH3 is 1. The zero-order chi connectivity index (χ0) is 8.81. The summed E-state index contributed by atoms with van der Waals surface area (Å²) in [6.45, 7) is 2.08. The standard InChI is InChI=1S/C11H15O/c1-3-4-6-10-7-5-8-11(9-10)12-2/h3,5,7-9H,4,6H2,1-2H3. The molecule has 0 aliphatic carbocycles. The first-order valence-corrected chi connectivity index (χ1v) is 4.27. The molecule has 0 heterocycles. The minimum Gasteiger partial charge on any atom is -0.497 e. The summed E-state index contributed by atoms with van der Waals surface area (Å²) in [7, 11) is 1.70. The zero-order valence-electron chi connectivity index (χ0n) is 7.71. The molecule has 0 aliphatic heterocycles. The molecule has 0 spiro atoms. The van der Waals surface area contributed by atoms with E-state index in [9.17, 15) is 0 Å².